The Bertz CT molecular complexity index is 289. The lowest BCUT2D eigenvalue weighted by Crippen LogP contribution is -2.26. The Labute approximate surface area is 90.6 Å². The van der Waals surface area contributed by atoms with Gasteiger partial charge in [0.1, 0.15) is 0 Å². The molecule has 2 N–H and O–H groups in total. The predicted octanol–water partition coefficient (Wildman–Crippen LogP) is 2.76. The molecule has 1 unspecified atom stereocenters. The number of hydrogen-bond donors (Lipinski definition) is 1. The Morgan fingerprint density at radius 3 is 2.64 bits per heavy atom. The Morgan fingerprint density at radius 2 is 2.21 bits per heavy atom. The van der Waals surface area contributed by atoms with E-state index in [-0.39, 0.29) is 11.5 Å². The van der Waals surface area contributed by atoms with E-state index in [1.54, 1.807) is 11.3 Å². The zero-order valence-corrected chi connectivity index (χ0v) is 10.3. The van der Waals surface area contributed by atoms with Gasteiger partial charge in [0.2, 0.25) is 0 Å². The average molecular weight is 212 g/mol. The summed E-state index contributed by atoms with van der Waals surface area (Å²) in [4.78, 5) is 4.48. The lowest BCUT2D eigenvalue weighted by atomic mass is 9.82. The number of aromatic nitrogens is 1. The highest BCUT2D eigenvalue weighted by atomic mass is 32.1. The van der Waals surface area contributed by atoms with Gasteiger partial charge in [0, 0.05) is 11.4 Å². The van der Waals surface area contributed by atoms with Crippen LogP contribution in [0, 0.1) is 12.3 Å². The average Bonchev–Trinajstić information content (AvgIpc) is 2.30. The van der Waals surface area contributed by atoms with Crippen molar-refractivity contribution in [1.29, 1.82) is 0 Å². The largest absolute Gasteiger partial charge is 0.328 e. The molecule has 0 aromatic carbocycles. The van der Waals surface area contributed by atoms with Gasteiger partial charge in [-0.2, -0.15) is 0 Å². The highest BCUT2D eigenvalue weighted by Crippen LogP contribution is 2.27. The maximum absolute atomic E-state index is 5.82. The first kappa shape index (κ1) is 11.7. The van der Waals surface area contributed by atoms with Gasteiger partial charge in [-0.1, -0.05) is 13.8 Å². The maximum atomic E-state index is 5.82. The summed E-state index contributed by atoms with van der Waals surface area (Å²) in [7, 11) is 0. The second kappa shape index (κ2) is 4.41. The Hall–Kier alpha value is -0.410. The zero-order chi connectivity index (χ0) is 10.8. The highest BCUT2D eigenvalue weighted by molar-refractivity contribution is 7.09. The Kier molecular flexibility index (Phi) is 3.67. The fourth-order valence-electron chi connectivity index (χ4n) is 1.92. The minimum Gasteiger partial charge on any atom is -0.328 e. The number of rotatable bonds is 4. The van der Waals surface area contributed by atoms with Crippen molar-refractivity contribution in [3.8, 4) is 0 Å². The van der Waals surface area contributed by atoms with Crippen molar-refractivity contribution >= 4 is 11.3 Å². The van der Waals surface area contributed by atoms with Crippen LogP contribution in [0.15, 0.2) is 5.38 Å². The van der Waals surface area contributed by atoms with Gasteiger partial charge in [0.05, 0.1) is 10.7 Å². The van der Waals surface area contributed by atoms with Crippen LogP contribution in [0.2, 0.25) is 0 Å². The van der Waals surface area contributed by atoms with Gasteiger partial charge in [0.25, 0.3) is 0 Å². The molecule has 1 heterocycles. The second-order valence-corrected chi connectivity index (χ2v) is 5.94. The minimum absolute atomic E-state index is 0.259. The maximum Gasteiger partial charge on any atom is 0.0897 e. The van der Waals surface area contributed by atoms with Crippen LogP contribution in [-0.2, 0) is 6.42 Å². The lowest BCUT2D eigenvalue weighted by molar-refractivity contribution is 0.307. The predicted molar refractivity (Wildman–Crippen MR) is 62.6 cm³/mol. The van der Waals surface area contributed by atoms with Crippen molar-refractivity contribution in [1.82, 2.24) is 4.98 Å². The molecule has 80 valence electrons. The van der Waals surface area contributed by atoms with Crippen LogP contribution >= 0.6 is 11.3 Å². The first-order valence-electron chi connectivity index (χ1n) is 5.06. The third-order valence-corrected chi connectivity index (χ3v) is 3.02. The Morgan fingerprint density at radius 1 is 1.57 bits per heavy atom. The van der Waals surface area contributed by atoms with Crippen LogP contribution in [0.4, 0.5) is 0 Å². The number of aryl methyl sites for hydroxylation is 1. The molecule has 0 aliphatic heterocycles. The first-order valence-corrected chi connectivity index (χ1v) is 5.93. The van der Waals surface area contributed by atoms with Crippen molar-refractivity contribution < 1.29 is 0 Å². The van der Waals surface area contributed by atoms with E-state index in [0.29, 0.717) is 0 Å². The zero-order valence-electron chi connectivity index (χ0n) is 9.50. The summed E-state index contributed by atoms with van der Waals surface area (Å²) < 4.78 is 0. The topological polar surface area (TPSA) is 38.9 Å². The van der Waals surface area contributed by atoms with E-state index in [4.69, 9.17) is 5.73 Å². The lowest BCUT2D eigenvalue weighted by Gasteiger charge is -2.25. The minimum atomic E-state index is 0.259. The summed E-state index contributed by atoms with van der Waals surface area (Å²) in [6.45, 7) is 8.62. The molecule has 1 rings (SSSR count). The van der Waals surface area contributed by atoms with Crippen LogP contribution < -0.4 is 5.73 Å². The number of nitrogens with two attached hydrogens (primary N) is 1. The second-order valence-electron chi connectivity index (χ2n) is 4.88. The summed E-state index contributed by atoms with van der Waals surface area (Å²) in [5, 5.41) is 3.30. The van der Waals surface area contributed by atoms with E-state index in [9.17, 15) is 0 Å². The van der Waals surface area contributed by atoms with Crippen molar-refractivity contribution in [2.75, 3.05) is 0 Å². The van der Waals surface area contributed by atoms with Crippen molar-refractivity contribution in [2.24, 2.45) is 11.1 Å². The molecule has 0 saturated heterocycles. The molecule has 0 fully saturated rings. The summed E-state index contributed by atoms with van der Waals surface area (Å²) in [5.74, 6) is 0. The van der Waals surface area contributed by atoms with Crippen molar-refractivity contribution in [3.63, 3.8) is 0 Å². The van der Waals surface area contributed by atoms with Crippen LogP contribution in [0.3, 0.4) is 0 Å². The van der Waals surface area contributed by atoms with Gasteiger partial charge >= 0.3 is 0 Å². The molecular weight excluding hydrogens is 192 g/mol. The standard InChI is InChI=1S/C11H20N2S/c1-8(12)5-11(3,4)6-10-7-14-9(2)13-10/h7-8H,5-6,12H2,1-4H3. The number of thiazole rings is 1. The van der Waals surface area contributed by atoms with E-state index in [1.807, 2.05) is 6.92 Å². The van der Waals surface area contributed by atoms with Gasteiger partial charge in [-0.05, 0) is 32.1 Å². The SMILES string of the molecule is Cc1nc(CC(C)(C)CC(C)N)cs1. The van der Waals surface area contributed by atoms with Crippen LogP contribution in [0.5, 0.6) is 0 Å². The molecule has 0 amide bonds. The molecule has 1 aromatic heterocycles. The van der Waals surface area contributed by atoms with Crippen LogP contribution in [-0.4, -0.2) is 11.0 Å². The molecule has 14 heavy (non-hydrogen) atoms. The molecule has 1 aromatic rings. The summed E-state index contributed by atoms with van der Waals surface area (Å²) in [6, 6.07) is 0.268. The molecular formula is C11H20N2S. The molecule has 1 atom stereocenters. The fraction of sp³-hybridized carbons (Fsp3) is 0.727. The summed E-state index contributed by atoms with van der Waals surface area (Å²) in [6.07, 6.45) is 2.07. The molecule has 0 bridgehead atoms. The summed E-state index contributed by atoms with van der Waals surface area (Å²) in [5.41, 5.74) is 7.28. The molecule has 0 aliphatic carbocycles. The van der Waals surface area contributed by atoms with Crippen LogP contribution in [0.25, 0.3) is 0 Å². The first-order chi connectivity index (χ1) is 6.39. The van der Waals surface area contributed by atoms with Crippen molar-refractivity contribution in [2.45, 2.75) is 46.6 Å². The van der Waals surface area contributed by atoms with E-state index in [0.717, 1.165) is 17.8 Å². The Balaban J connectivity index is 2.58. The number of hydrogen-bond acceptors (Lipinski definition) is 3. The van der Waals surface area contributed by atoms with Gasteiger partial charge in [-0.3, -0.25) is 0 Å². The molecule has 3 heteroatoms. The quantitative estimate of drug-likeness (QED) is 0.833. The van der Waals surface area contributed by atoms with E-state index in [2.05, 4.69) is 31.1 Å². The highest BCUT2D eigenvalue weighted by Gasteiger charge is 2.21. The van der Waals surface area contributed by atoms with E-state index in [1.165, 1.54) is 5.69 Å². The molecule has 0 radical (unpaired) electrons. The van der Waals surface area contributed by atoms with E-state index >= 15 is 0 Å². The number of nitrogens with zero attached hydrogens (tertiary/aromatic N) is 1. The van der Waals surface area contributed by atoms with Gasteiger partial charge < -0.3 is 5.73 Å². The van der Waals surface area contributed by atoms with Gasteiger partial charge in [-0.25, -0.2) is 4.98 Å². The molecule has 0 spiro atoms. The third kappa shape index (κ3) is 3.76. The molecule has 2 nitrogen and oxygen atoms in total. The van der Waals surface area contributed by atoms with E-state index < -0.39 is 0 Å². The van der Waals surface area contributed by atoms with Crippen LogP contribution in [0.1, 0.15) is 37.9 Å². The normalized spacial score (nSPS) is 14.4. The van der Waals surface area contributed by atoms with Gasteiger partial charge in [-0.15, -0.1) is 11.3 Å². The smallest absolute Gasteiger partial charge is 0.0897 e. The molecule has 0 aliphatic rings. The summed E-state index contributed by atoms with van der Waals surface area (Å²) >= 11 is 1.72. The molecule has 0 saturated carbocycles. The third-order valence-electron chi connectivity index (χ3n) is 2.20. The monoisotopic (exact) mass is 212 g/mol. The fourth-order valence-corrected chi connectivity index (χ4v) is 2.54. The van der Waals surface area contributed by atoms with Crippen molar-refractivity contribution in [3.05, 3.63) is 16.1 Å². The van der Waals surface area contributed by atoms with Gasteiger partial charge in [0.15, 0.2) is 0 Å².